The van der Waals surface area contributed by atoms with Gasteiger partial charge in [0, 0.05) is 18.6 Å². The number of nitrogens with zero attached hydrogens (tertiary/aromatic N) is 2. The Morgan fingerprint density at radius 2 is 2.15 bits per heavy atom. The van der Waals surface area contributed by atoms with Crippen LogP contribution in [-0.4, -0.2) is 14.8 Å². The van der Waals surface area contributed by atoms with Crippen molar-refractivity contribution in [3.05, 3.63) is 52.6 Å². The number of rotatable bonds is 3. The highest BCUT2D eigenvalue weighted by Crippen LogP contribution is 2.20. The zero-order valence-electron chi connectivity index (χ0n) is 11.5. The molecule has 5 nitrogen and oxygen atoms in total. The van der Waals surface area contributed by atoms with Gasteiger partial charge in [-0.25, -0.2) is 0 Å². The van der Waals surface area contributed by atoms with Crippen molar-refractivity contribution >= 4 is 22.3 Å². The van der Waals surface area contributed by atoms with Crippen LogP contribution in [0.4, 0.5) is 11.5 Å². The van der Waals surface area contributed by atoms with Gasteiger partial charge in [0.1, 0.15) is 5.82 Å². The molecule has 5 heteroatoms. The first-order valence-corrected chi connectivity index (χ1v) is 6.59. The highest BCUT2D eigenvalue weighted by molar-refractivity contribution is 5.84. The first kappa shape index (κ1) is 12.5. The van der Waals surface area contributed by atoms with E-state index in [0.717, 1.165) is 23.2 Å². The second kappa shape index (κ2) is 4.85. The maximum Gasteiger partial charge on any atom is 0.257 e. The molecule has 0 radical (unpaired) electrons. The van der Waals surface area contributed by atoms with Crippen LogP contribution in [0.3, 0.4) is 0 Å². The van der Waals surface area contributed by atoms with Crippen LogP contribution in [0.25, 0.3) is 10.8 Å². The van der Waals surface area contributed by atoms with Crippen LogP contribution in [0.1, 0.15) is 12.6 Å². The fourth-order valence-corrected chi connectivity index (χ4v) is 2.32. The summed E-state index contributed by atoms with van der Waals surface area (Å²) in [5.74, 6) is 0.677. The summed E-state index contributed by atoms with van der Waals surface area (Å²) in [5, 5.41) is 9.22. The zero-order chi connectivity index (χ0) is 14.1. The van der Waals surface area contributed by atoms with E-state index in [4.69, 9.17) is 0 Å². The molecule has 1 aromatic carbocycles. The fourth-order valence-electron chi connectivity index (χ4n) is 2.32. The molecule has 0 saturated carbocycles. The molecule has 0 bridgehead atoms. The number of pyridine rings is 1. The topological polar surface area (TPSA) is 62.7 Å². The second-order valence-electron chi connectivity index (χ2n) is 4.74. The molecule has 0 aliphatic rings. The van der Waals surface area contributed by atoms with Gasteiger partial charge in [-0.05, 0) is 23.9 Å². The van der Waals surface area contributed by atoms with Crippen molar-refractivity contribution in [3.63, 3.8) is 0 Å². The maximum atomic E-state index is 12.0. The Bertz CT molecular complexity index is 816. The Balaban J connectivity index is 2.04. The number of aromatic nitrogens is 3. The predicted octanol–water partition coefficient (Wildman–Crippen LogP) is 2.57. The van der Waals surface area contributed by atoms with Crippen LogP contribution in [-0.2, 0) is 13.5 Å². The first-order valence-electron chi connectivity index (χ1n) is 6.59. The number of hydrogen-bond donors (Lipinski definition) is 2. The molecule has 0 spiro atoms. The van der Waals surface area contributed by atoms with Crippen molar-refractivity contribution in [2.24, 2.45) is 7.05 Å². The molecular formula is C15H16N4O. The molecule has 0 amide bonds. The summed E-state index contributed by atoms with van der Waals surface area (Å²) in [5.41, 5.74) is 1.80. The summed E-state index contributed by atoms with van der Waals surface area (Å²) >= 11 is 0. The molecule has 0 aliphatic heterocycles. The van der Waals surface area contributed by atoms with Crippen molar-refractivity contribution in [3.8, 4) is 0 Å². The van der Waals surface area contributed by atoms with Crippen LogP contribution in [0.15, 0.2) is 41.3 Å². The van der Waals surface area contributed by atoms with E-state index in [9.17, 15) is 4.79 Å². The van der Waals surface area contributed by atoms with Crippen molar-refractivity contribution in [2.75, 3.05) is 5.32 Å². The second-order valence-corrected chi connectivity index (χ2v) is 4.74. The van der Waals surface area contributed by atoms with Crippen molar-refractivity contribution < 1.29 is 0 Å². The summed E-state index contributed by atoms with van der Waals surface area (Å²) < 4.78 is 1.76. The fraction of sp³-hybridized carbons (Fsp3) is 0.200. The highest BCUT2D eigenvalue weighted by Gasteiger charge is 2.07. The summed E-state index contributed by atoms with van der Waals surface area (Å²) in [6.45, 7) is 2.05. The summed E-state index contributed by atoms with van der Waals surface area (Å²) in [7, 11) is 1.88. The van der Waals surface area contributed by atoms with E-state index in [1.807, 2.05) is 43.6 Å². The first-order chi connectivity index (χ1) is 9.67. The van der Waals surface area contributed by atoms with E-state index in [-0.39, 0.29) is 5.56 Å². The largest absolute Gasteiger partial charge is 0.339 e. The number of fused-ring (bicyclic) bond motifs is 1. The molecule has 3 rings (SSSR count). The molecule has 0 aliphatic carbocycles. The van der Waals surface area contributed by atoms with Crippen LogP contribution >= 0.6 is 0 Å². The minimum Gasteiger partial charge on any atom is -0.339 e. The molecule has 102 valence electrons. The quantitative estimate of drug-likeness (QED) is 0.767. The number of hydrogen-bond acceptors (Lipinski definition) is 3. The molecule has 0 fully saturated rings. The normalized spacial score (nSPS) is 10.9. The van der Waals surface area contributed by atoms with E-state index in [1.54, 1.807) is 4.68 Å². The number of aryl methyl sites for hydroxylation is 2. The summed E-state index contributed by atoms with van der Waals surface area (Å²) in [6, 6.07) is 9.47. The Morgan fingerprint density at radius 3 is 2.95 bits per heavy atom. The molecule has 2 heterocycles. The zero-order valence-corrected chi connectivity index (χ0v) is 11.5. The van der Waals surface area contributed by atoms with Crippen LogP contribution in [0.2, 0.25) is 0 Å². The van der Waals surface area contributed by atoms with E-state index in [2.05, 4.69) is 22.3 Å². The lowest BCUT2D eigenvalue weighted by atomic mass is 10.2. The van der Waals surface area contributed by atoms with Crippen LogP contribution in [0, 0.1) is 0 Å². The van der Waals surface area contributed by atoms with E-state index in [0.29, 0.717) is 11.2 Å². The smallest absolute Gasteiger partial charge is 0.257 e. The summed E-state index contributed by atoms with van der Waals surface area (Å²) in [6.07, 6.45) is 2.74. The number of H-pyrrole nitrogens is 1. The average Bonchev–Trinajstić information content (AvgIpc) is 2.79. The minimum atomic E-state index is -0.0902. The van der Waals surface area contributed by atoms with Crippen LogP contribution < -0.4 is 10.9 Å². The third-order valence-corrected chi connectivity index (χ3v) is 3.26. The lowest BCUT2D eigenvalue weighted by molar-refractivity contribution is 0.746. The number of benzene rings is 1. The molecular weight excluding hydrogens is 252 g/mol. The minimum absolute atomic E-state index is 0.0902. The summed E-state index contributed by atoms with van der Waals surface area (Å²) in [4.78, 5) is 14.9. The lowest BCUT2D eigenvalue weighted by Gasteiger charge is -2.06. The predicted molar refractivity (Wildman–Crippen MR) is 80.4 cm³/mol. The third kappa shape index (κ3) is 2.18. The molecule has 0 saturated heterocycles. The SMILES string of the molecule is CCc1nn(C)cc1Nc1cc2ccccc2c(=O)[nH]1. The van der Waals surface area contributed by atoms with Gasteiger partial charge in [0.2, 0.25) is 0 Å². The van der Waals surface area contributed by atoms with Gasteiger partial charge in [0.15, 0.2) is 0 Å². The van der Waals surface area contributed by atoms with Gasteiger partial charge in [0.05, 0.1) is 11.4 Å². The highest BCUT2D eigenvalue weighted by atomic mass is 16.1. The van der Waals surface area contributed by atoms with Crippen molar-refractivity contribution in [1.29, 1.82) is 0 Å². The maximum absolute atomic E-state index is 12.0. The Kier molecular flexibility index (Phi) is 3.02. The van der Waals surface area contributed by atoms with Gasteiger partial charge < -0.3 is 10.3 Å². The number of nitrogens with one attached hydrogen (secondary N) is 2. The van der Waals surface area contributed by atoms with Crippen LogP contribution in [0.5, 0.6) is 0 Å². The molecule has 2 aromatic heterocycles. The number of anilines is 2. The Labute approximate surface area is 116 Å². The molecule has 3 aromatic rings. The van der Waals surface area contributed by atoms with Crippen molar-refractivity contribution in [1.82, 2.24) is 14.8 Å². The van der Waals surface area contributed by atoms with Crippen molar-refractivity contribution in [2.45, 2.75) is 13.3 Å². The van der Waals surface area contributed by atoms with Gasteiger partial charge in [0.25, 0.3) is 5.56 Å². The molecule has 2 N–H and O–H groups in total. The Morgan fingerprint density at radius 1 is 1.35 bits per heavy atom. The molecule has 20 heavy (non-hydrogen) atoms. The standard InChI is InChI=1S/C15H16N4O/c1-3-12-13(9-19(2)18-12)16-14-8-10-6-4-5-7-11(10)15(20)17-14/h4-9H,3H2,1-2H3,(H2,16,17,20). The monoisotopic (exact) mass is 268 g/mol. The molecule has 0 unspecified atom stereocenters. The lowest BCUT2D eigenvalue weighted by Crippen LogP contribution is -2.09. The van der Waals surface area contributed by atoms with Gasteiger partial charge in [-0.1, -0.05) is 25.1 Å². The Hall–Kier alpha value is -2.56. The van der Waals surface area contributed by atoms with Gasteiger partial charge in [-0.2, -0.15) is 5.10 Å². The van der Waals surface area contributed by atoms with Gasteiger partial charge >= 0.3 is 0 Å². The third-order valence-electron chi connectivity index (χ3n) is 3.26. The van der Waals surface area contributed by atoms with Gasteiger partial charge in [-0.3, -0.25) is 9.48 Å². The molecule has 0 atom stereocenters. The number of aromatic amines is 1. The van der Waals surface area contributed by atoms with E-state index < -0.39 is 0 Å². The van der Waals surface area contributed by atoms with Gasteiger partial charge in [-0.15, -0.1) is 0 Å². The average molecular weight is 268 g/mol. The van der Waals surface area contributed by atoms with E-state index >= 15 is 0 Å². The van der Waals surface area contributed by atoms with E-state index in [1.165, 1.54) is 0 Å².